The maximum atomic E-state index is 5.80. The standard InChI is InChI=1S/C12H18N2O2/c1-13-12-3-2-10(8-14-12)9-16-11-4-6-15-7-5-11/h2-3,8,11H,4-7,9H2,1H3,(H,13,14). The van der Waals surface area contributed by atoms with Crippen LogP contribution in [0, 0.1) is 0 Å². The van der Waals surface area contributed by atoms with Crippen molar-refractivity contribution in [2.75, 3.05) is 25.6 Å². The van der Waals surface area contributed by atoms with E-state index in [1.807, 2.05) is 25.4 Å². The number of hydrogen-bond acceptors (Lipinski definition) is 4. The Morgan fingerprint density at radius 3 is 2.88 bits per heavy atom. The van der Waals surface area contributed by atoms with Crippen LogP contribution < -0.4 is 5.32 Å². The molecular formula is C12H18N2O2. The average molecular weight is 222 g/mol. The third kappa shape index (κ3) is 3.18. The van der Waals surface area contributed by atoms with Gasteiger partial charge in [-0.1, -0.05) is 6.07 Å². The highest BCUT2D eigenvalue weighted by Crippen LogP contribution is 2.13. The quantitative estimate of drug-likeness (QED) is 0.844. The zero-order chi connectivity index (χ0) is 11.2. The fourth-order valence-electron chi connectivity index (χ4n) is 1.71. The van der Waals surface area contributed by atoms with E-state index in [9.17, 15) is 0 Å². The molecule has 4 heteroatoms. The second-order valence-corrected chi connectivity index (χ2v) is 3.92. The summed E-state index contributed by atoms with van der Waals surface area (Å²) in [6.45, 7) is 2.28. The Morgan fingerprint density at radius 2 is 2.25 bits per heavy atom. The van der Waals surface area contributed by atoms with Gasteiger partial charge in [-0.05, 0) is 24.5 Å². The fourth-order valence-corrected chi connectivity index (χ4v) is 1.71. The number of hydrogen-bond donors (Lipinski definition) is 1. The molecule has 4 nitrogen and oxygen atoms in total. The summed E-state index contributed by atoms with van der Waals surface area (Å²) in [7, 11) is 1.86. The summed E-state index contributed by atoms with van der Waals surface area (Å²) in [4.78, 5) is 4.25. The summed E-state index contributed by atoms with van der Waals surface area (Å²) in [5, 5.41) is 2.99. The molecule has 1 N–H and O–H groups in total. The number of nitrogens with one attached hydrogen (secondary N) is 1. The fraction of sp³-hybridized carbons (Fsp3) is 0.583. The molecule has 16 heavy (non-hydrogen) atoms. The maximum absolute atomic E-state index is 5.80. The smallest absolute Gasteiger partial charge is 0.125 e. The Balaban J connectivity index is 1.79. The van der Waals surface area contributed by atoms with Crippen molar-refractivity contribution in [1.29, 1.82) is 0 Å². The second-order valence-electron chi connectivity index (χ2n) is 3.92. The van der Waals surface area contributed by atoms with E-state index in [0.29, 0.717) is 12.7 Å². The van der Waals surface area contributed by atoms with Crippen molar-refractivity contribution >= 4 is 5.82 Å². The molecule has 0 unspecified atom stereocenters. The molecule has 0 spiro atoms. The van der Waals surface area contributed by atoms with Gasteiger partial charge in [0.05, 0.1) is 12.7 Å². The third-order valence-corrected chi connectivity index (χ3v) is 2.73. The van der Waals surface area contributed by atoms with Gasteiger partial charge in [0, 0.05) is 26.5 Å². The van der Waals surface area contributed by atoms with E-state index in [1.165, 1.54) is 0 Å². The molecule has 0 atom stereocenters. The monoisotopic (exact) mass is 222 g/mol. The van der Waals surface area contributed by atoms with Crippen molar-refractivity contribution < 1.29 is 9.47 Å². The van der Waals surface area contributed by atoms with Gasteiger partial charge in [-0.2, -0.15) is 0 Å². The zero-order valence-electron chi connectivity index (χ0n) is 9.61. The first-order chi connectivity index (χ1) is 7.88. The van der Waals surface area contributed by atoms with E-state index in [4.69, 9.17) is 9.47 Å². The summed E-state index contributed by atoms with van der Waals surface area (Å²) in [5.41, 5.74) is 1.12. The van der Waals surface area contributed by atoms with Crippen LogP contribution in [0.25, 0.3) is 0 Å². The molecule has 88 valence electrons. The number of anilines is 1. The number of rotatable bonds is 4. The Morgan fingerprint density at radius 1 is 1.44 bits per heavy atom. The summed E-state index contributed by atoms with van der Waals surface area (Å²) < 4.78 is 11.1. The van der Waals surface area contributed by atoms with E-state index in [2.05, 4.69) is 10.3 Å². The van der Waals surface area contributed by atoms with Crippen LogP contribution in [0.3, 0.4) is 0 Å². The molecule has 1 aliphatic heterocycles. The van der Waals surface area contributed by atoms with Gasteiger partial charge >= 0.3 is 0 Å². The molecular weight excluding hydrogens is 204 g/mol. The molecule has 1 aromatic rings. The first-order valence-electron chi connectivity index (χ1n) is 5.70. The van der Waals surface area contributed by atoms with Crippen molar-refractivity contribution in [3.05, 3.63) is 23.9 Å². The molecule has 0 saturated carbocycles. The second kappa shape index (κ2) is 5.82. The lowest BCUT2D eigenvalue weighted by Gasteiger charge is -2.22. The van der Waals surface area contributed by atoms with Crippen LogP contribution in [-0.2, 0) is 16.1 Å². The third-order valence-electron chi connectivity index (χ3n) is 2.73. The van der Waals surface area contributed by atoms with Gasteiger partial charge in [-0.3, -0.25) is 0 Å². The van der Waals surface area contributed by atoms with Crippen LogP contribution in [0.5, 0.6) is 0 Å². The molecule has 1 aromatic heterocycles. The van der Waals surface area contributed by atoms with Crippen molar-refractivity contribution in [1.82, 2.24) is 4.98 Å². The lowest BCUT2D eigenvalue weighted by atomic mass is 10.1. The molecule has 0 aliphatic carbocycles. The summed E-state index contributed by atoms with van der Waals surface area (Å²) in [5.74, 6) is 0.884. The van der Waals surface area contributed by atoms with Gasteiger partial charge in [-0.25, -0.2) is 4.98 Å². The highest BCUT2D eigenvalue weighted by molar-refractivity contribution is 5.34. The Bertz CT molecular complexity index is 307. The Hall–Kier alpha value is -1.13. The van der Waals surface area contributed by atoms with Crippen LogP contribution in [0.2, 0.25) is 0 Å². The maximum Gasteiger partial charge on any atom is 0.125 e. The summed E-state index contributed by atoms with van der Waals surface area (Å²) in [6.07, 6.45) is 4.20. The molecule has 0 radical (unpaired) electrons. The molecule has 1 aliphatic rings. The van der Waals surface area contributed by atoms with Gasteiger partial charge in [-0.15, -0.1) is 0 Å². The molecule has 0 bridgehead atoms. The normalized spacial score (nSPS) is 17.3. The highest BCUT2D eigenvalue weighted by atomic mass is 16.5. The topological polar surface area (TPSA) is 43.4 Å². The molecule has 1 fully saturated rings. The van der Waals surface area contributed by atoms with Gasteiger partial charge in [0.1, 0.15) is 5.82 Å². The molecule has 2 rings (SSSR count). The molecule has 0 amide bonds. The Kier molecular flexibility index (Phi) is 4.13. The number of nitrogens with zero attached hydrogens (tertiary/aromatic N) is 1. The van der Waals surface area contributed by atoms with Gasteiger partial charge in [0.2, 0.25) is 0 Å². The molecule has 2 heterocycles. The van der Waals surface area contributed by atoms with E-state index in [-0.39, 0.29) is 0 Å². The van der Waals surface area contributed by atoms with Gasteiger partial charge in [0.25, 0.3) is 0 Å². The minimum atomic E-state index is 0.345. The van der Waals surface area contributed by atoms with Crippen LogP contribution in [0.1, 0.15) is 18.4 Å². The number of ether oxygens (including phenoxy) is 2. The minimum Gasteiger partial charge on any atom is -0.381 e. The van der Waals surface area contributed by atoms with E-state index < -0.39 is 0 Å². The van der Waals surface area contributed by atoms with Crippen LogP contribution in [0.4, 0.5) is 5.82 Å². The molecule has 0 aromatic carbocycles. The summed E-state index contributed by atoms with van der Waals surface area (Å²) >= 11 is 0. The van der Waals surface area contributed by atoms with E-state index >= 15 is 0 Å². The predicted octanol–water partition coefficient (Wildman–Crippen LogP) is 1.82. The minimum absolute atomic E-state index is 0.345. The summed E-state index contributed by atoms with van der Waals surface area (Å²) in [6, 6.07) is 4.00. The Labute approximate surface area is 96.0 Å². The van der Waals surface area contributed by atoms with Crippen molar-refractivity contribution in [2.24, 2.45) is 0 Å². The van der Waals surface area contributed by atoms with Crippen molar-refractivity contribution in [3.8, 4) is 0 Å². The number of aromatic nitrogens is 1. The lowest BCUT2D eigenvalue weighted by molar-refractivity contribution is -0.0391. The van der Waals surface area contributed by atoms with Crippen LogP contribution >= 0.6 is 0 Å². The van der Waals surface area contributed by atoms with Crippen LogP contribution in [0.15, 0.2) is 18.3 Å². The van der Waals surface area contributed by atoms with E-state index in [1.54, 1.807) is 0 Å². The zero-order valence-corrected chi connectivity index (χ0v) is 9.61. The lowest BCUT2D eigenvalue weighted by Crippen LogP contribution is -2.23. The van der Waals surface area contributed by atoms with Gasteiger partial charge in [0.15, 0.2) is 0 Å². The van der Waals surface area contributed by atoms with Crippen LogP contribution in [-0.4, -0.2) is 31.3 Å². The van der Waals surface area contributed by atoms with Gasteiger partial charge < -0.3 is 14.8 Å². The SMILES string of the molecule is CNc1ccc(COC2CCOCC2)cn1. The first-order valence-corrected chi connectivity index (χ1v) is 5.70. The van der Waals surface area contributed by atoms with E-state index in [0.717, 1.165) is 37.4 Å². The first kappa shape index (κ1) is 11.4. The molecule has 1 saturated heterocycles. The average Bonchev–Trinajstić information content (AvgIpc) is 2.38. The van der Waals surface area contributed by atoms with Crippen molar-refractivity contribution in [3.63, 3.8) is 0 Å². The predicted molar refractivity (Wildman–Crippen MR) is 62.4 cm³/mol. The van der Waals surface area contributed by atoms with Crippen molar-refractivity contribution in [2.45, 2.75) is 25.6 Å². The highest BCUT2D eigenvalue weighted by Gasteiger charge is 2.13. The largest absolute Gasteiger partial charge is 0.381 e. The number of pyridine rings is 1.